The summed E-state index contributed by atoms with van der Waals surface area (Å²) in [5, 5.41) is 36.7. The Morgan fingerprint density at radius 2 is 1.58 bits per heavy atom. The van der Waals surface area contributed by atoms with Crippen LogP contribution < -0.4 is 35.7 Å². The number of halogens is 2. The summed E-state index contributed by atoms with van der Waals surface area (Å²) >= 11 is 0. The van der Waals surface area contributed by atoms with E-state index in [9.17, 15) is 9.90 Å². The summed E-state index contributed by atoms with van der Waals surface area (Å²) < 4.78 is 64.0. The molecular formula is C31H30F2N6O9. The number of anilines is 1. The molecule has 0 unspecified atom stereocenters. The van der Waals surface area contributed by atoms with Gasteiger partial charge in [0.25, 0.3) is 11.8 Å². The van der Waals surface area contributed by atoms with Crippen molar-refractivity contribution in [3.05, 3.63) is 83.4 Å². The molecule has 0 aliphatic rings. The normalized spacial score (nSPS) is 10.6. The Morgan fingerprint density at radius 3 is 2.27 bits per heavy atom. The van der Waals surface area contributed by atoms with Crippen LogP contribution in [0, 0.1) is 22.5 Å². The number of hydrogen-bond acceptors (Lipinski definition) is 12. The topological polar surface area (TPSA) is 238 Å². The number of carbonyl (C=O) groups is 1. The number of aromatic hydroxyl groups is 1. The highest BCUT2D eigenvalue weighted by molar-refractivity contribution is 5.95. The van der Waals surface area contributed by atoms with Crippen molar-refractivity contribution in [2.75, 3.05) is 38.9 Å². The number of ether oxygens (including phenoxy) is 6. The molecule has 0 fully saturated rings. The van der Waals surface area contributed by atoms with Crippen molar-refractivity contribution in [3.8, 4) is 46.3 Å². The lowest BCUT2D eigenvalue weighted by Gasteiger charge is -2.17. The number of nitrogens with two attached hydrogens (primary N) is 2. The average Bonchev–Trinajstić information content (AvgIpc) is 3.05. The van der Waals surface area contributed by atoms with E-state index in [1.807, 2.05) is 0 Å². The Morgan fingerprint density at radius 1 is 0.875 bits per heavy atom. The number of pyridine rings is 1. The molecule has 1 aromatic heterocycles. The van der Waals surface area contributed by atoms with Crippen LogP contribution in [0.5, 0.6) is 46.3 Å². The maximum atomic E-state index is 15.9. The summed E-state index contributed by atoms with van der Waals surface area (Å²) in [6.07, 6.45) is 0. The summed E-state index contributed by atoms with van der Waals surface area (Å²) in [6.45, 7) is -0.159. The number of esters is 1. The summed E-state index contributed by atoms with van der Waals surface area (Å²) in [4.78, 5) is 16.3. The highest BCUT2D eigenvalue weighted by atomic mass is 19.1. The predicted octanol–water partition coefficient (Wildman–Crippen LogP) is 4.21. The number of aromatic nitrogens is 1. The summed E-state index contributed by atoms with van der Waals surface area (Å²) in [7, 11) is 1.23. The van der Waals surface area contributed by atoms with E-state index >= 15 is 8.78 Å². The molecule has 17 heteroatoms. The van der Waals surface area contributed by atoms with Crippen LogP contribution in [-0.2, 0) is 9.47 Å². The first-order valence-corrected chi connectivity index (χ1v) is 13.9. The number of amidine groups is 1. The fraction of sp³-hybridized carbons (Fsp3) is 0.161. The largest absolute Gasteiger partial charge is 0.504 e. The number of phenolic OH excluding ortho intramolecular Hbond substituents is 1. The number of aliphatic hydroxyl groups is 1. The number of nitrogens with zero attached hydrogens (tertiary/aromatic N) is 1. The number of guanidine groups is 1. The number of aliphatic hydroxyl groups excluding tert-OH is 1. The lowest BCUT2D eigenvalue weighted by atomic mass is 10.2. The van der Waals surface area contributed by atoms with Crippen molar-refractivity contribution < 1.29 is 52.2 Å². The van der Waals surface area contributed by atoms with E-state index in [-0.39, 0.29) is 72.3 Å². The number of hydrogen-bond donors (Lipinski definition) is 7. The van der Waals surface area contributed by atoms with Crippen LogP contribution in [-0.4, -0.2) is 66.5 Å². The second kappa shape index (κ2) is 15.9. The van der Waals surface area contributed by atoms with Crippen molar-refractivity contribution >= 4 is 23.5 Å². The molecule has 0 spiro atoms. The van der Waals surface area contributed by atoms with Crippen molar-refractivity contribution in [1.29, 1.82) is 10.8 Å². The summed E-state index contributed by atoms with van der Waals surface area (Å²) in [5.41, 5.74) is 11.3. The number of phenols is 1. The molecule has 15 nitrogen and oxygen atoms in total. The van der Waals surface area contributed by atoms with E-state index in [4.69, 9.17) is 55.8 Å². The lowest BCUT2D eigenvalue weighted by Crippen LogP contribution is -2.20. The number of rotatable bonds is 15. The minimum atomic E-state index is -1.46. The van der Waals surface area contributed by atoms with Crippen LogP contribution in [0.1, 0.15) is 15.9 Å². The molecule has 0 radical (unpaired) electrons. The van der Waals surface area contributed by atoms with Crippen LogP contribution in [0.3, 0.4) is 0 Å². The molecular weight excluding hydrogens is 638 g/mol. The molecule has 0 amide bonds. The van der Waals surface area contributed by atoms with E-state index in [2.05, 4.69) is 10.3 Å². The third-order valence-corrected chi connectivity index (χ3v) is 6.09. The van der Waals surface area contributed by atoms with Crippen molar-refractivity contribution in [1.82, 2.24) is 4.98 Å². The molecule has 48 heavy (non-hydrogen) atoms. The molecule has 1 heterocycles. The first kappa shape index (κ1) is 34.7. The second-order valence-corrected chi connectivity index (χ2v) is 9.49. The van der Waals surface area contributed by atoms with Gasteiger partial charge in [-0.15, -0.1) is 0 Å². The van der Waals surface area contributed by atoms with Gasteiger partial charge < -0.3 is 55.4 Å². The van der Waals surface area contributed by atoms with Crippen molar-refractivity contribution in [3.63, 3.8) is 0 Å². The standard InChI is InChI=1S/C31H30F2N6O9/c1-43-23-14-17(30(42)45-12-11-44-10-9-40)6-8-21(23)47-26-24(32)28(46-19-4-2-3-18(15-19)38-31(36)37)39-29(25(26)33)48-22-13-16(27(34)35)5-7-20(22)41/h2-8,13-15,40-41H,9-12H2,1H3,(H3,34,35)(H4,36,37,38). The fourth-order valence-corrected chi connectivity index (χ4v) is 3.91. The van der Waals surface area contributed by atoms with Crippen LogP contribution in [0.2, 0.25) is 0 Å². The minimum absolute atomic E-state index is 0.0141. The molecule has 0 bridgehead atoms. The zero-order chi connectivity index (χ0) is 34.8. The van der Waals surface area contributed by atoms with Gasteiger partial charge in [0.05, 0.1) is 32.5 Å². The molecule has 0 saturated carbocycles. The highest BCUT2D eigenvalue weighted by Crippen LogP contribution is 2.43. The molecule has 4 rings (SSSR count). The predicted molar refractivity (Wildman–Crippen MR) is 167 cm³/mol. The highest BCUT2D eigenvalue weighted by Gasteiger charge is 2.28. The van der Waals surface area contributed by atoms with Gasteiger partial charge >= 0.3 is 5.97 Å². The third kappa shape index (κ3) is 8.74. The maximum absolute atomic E-state index is 15.9. The zero-order valence-electron chi connectivity index (χ0n) is 25.2. The van der Waals surface area contributed by atoms with Gasteiger partial charge in [0, 0.05) is 17.3 Å². The van der Waals surface area contributed by atoms with E-state index in [1.54, 1.807) is 6.07 Å². The van der Waals surface area contributed by atoms with Gasteiger partial charge in [-0.3, -0.25) is 10.8 Å². The van der Waals surface area contributed by atoms with Crippen LogP contribution in [0.25, 0.3) is 0 Å². The van der Waals surface area contributed by atoms with Gasteiger partial charge in [0.2, 0.25) is 17.4 Å². The fourth-order valence-electron chi connectivity index (χ4n) is 3.91. The van der Waals surface area contributed by atoms with E-state index in [0.29, 0.717) is 5.69 Å². The Bertz CT molecular complexity index is 1830. The van der Waals surface area contributed by atoms with Crippen LogP contribution in [0.4, 0.5) is 14.5 Å². The van der Waals surface area contributed by atoms with Gasteiger partial charge in [-0.05, 0) is 48.5 Å². The number of benzene rings is 3. The average molecular weight is 669 g/mol. The summed E-state index contributed by atoms with van der Waals surface area (Å²) in [6, 6.07) is 13.1. The Hall–Kier alpha value is -6.20. The smallest absolute Gasteiger partial charge is 0.338 e. The third-order valence-electron chi connectivity index (χ3n) is 6.09. The molecule has 3 aromatic carbocycles. The molecule has 4 aromatic rings. The number of nitrogen functional groups attached to an aromatic ring is 1. The number of methoxy groups -OCH3 is 1. The minimum Gasteiger partial charge on any atom is -0.504 e. The molecule has 0 aliphatic carbocycles. The second-order valence-electron chi connectivity index (χ2n) is 9.49. The molecule has 9 N–H and O–H groups in total. The molecule has 0 aliphatic heterocycles. The van der Waals surface area contributed by atoms with E-state index in [1.165, 1.54) is 49.6 Å². The van der Waals surface area contributed by atoms with Gasteiger partial charge in [0.15, 0.2) is 29.0 Å². The lowest BCUT2D eigenvalue weighted by molar-refractivity contribution is 0.0258. The van der Waals surface area contributed by atoms with Crippen molar-refractivity contribution in [2.24, 2.45) is 11.5 Å². The van der Waals surface area contributed by atoms with E-state index < -0.39 is 40.9 Å². The maximum Gasteiger partial charge on any atom is 0.338 e. The van der Waals surface area contributed by atoms with Crippen LogP contribution >= 0.6 is 0 Å². The molecule has 0 atom stereocenters. The van der Waals surface area contributed by atoms with Gasteiger partial charge in [-0.1, -0.05) is 6.07 Å². The molecule has 252 valence electrons. The Balaban J connectivity index is 1.73. The first-order valence-electron chi connectivity index (χ1n) is 13.9. The quantitative estimate of drug-likeness (QED) is 0.0407. The van der Waals surface area contributed by atoms with E-state index in [0.717, 1.165) is 12.1 Å². The van der Waals surface area contributed by atoms with Crippen molar-refractivity contribution in [2.45, 2.75) is 0 Å². The van der Waals surface area contributed by atoms with Gasteiger partial charge in [-0.2, -0.15) is 13.8 Å². The monoisotopic (exact) mass is 668 g/mol. The Kier molecular flexibility index (Phi) is 11.5. The number of carbonyl (C=O) groups excluding carboxylic acids is 1. The SMILES string of the molecule is COc1cc(C(=O)OCCOCCO)ccc1Oc1c(F)c(Oc2cccc(NC(=N)N)c2)nc(Oc2cc(C(=N)N)ccc2O)c1F. The van der Waals surface area contributed by atoms with Gasteiger partial charge in [0.1, 0.15) is 18.2 Å². The number of nitrogens with one attached hydrogen (secondary N) is 3. The first-order chi connectivity index (χ1) is 23.0. The zero-order valence-corrected chi connectivity index (χ0v) is 25.2. The molecule has 0 saturated heterocycles. The summed E-state index contributed by atoms with van der Waals surface area (Å²) in [5.74, 6) is -8.43. The van der Waals surface area contributed by atoms with Crippen LogP contribution in [0.15, 0.2) is 60.7 Å². The Labute approximate surface area is 271 Å². The van der Waals surface area contributed by atoms with Gasteiger partial charge in [-0.25, -0.2) is 4.79 Å².